The number of carbonyl (C=O) groups excluding carboxylic acids is 1. The monoisotopic (exact) mass is 373 g/mol. The third-order valence-corrected chi connectivity index (χ3v) is 4.55. The lowest BCUT2D eigenvalue weighted by Gasteiger charge is -2.45. The molecule has 1 aliphatic heterocycles. The fourth-order valence-corrected chi connectivity index (χ4v) is 3.47. The zero-order valence-electron chi connectivity index (χ0n) is 15.6. The number of alkyl halides is 3. The molecule has 0 spiro atoms. The molecule has 0 radical (unpaired) electrons. The summed E-state index contributed by atoms with van der Waals surface area (Å²) in [7, 11) is 1.34. The molecular formula is C18H26F3N3O2. The number of methoxy groups -OCH3 is 1. The maximum atomic E-state index is 12.8. The van der Waals surface area contributed by atoms with Gasteiger partial charge in [0.05, 0.1) is 30.1 Å². The minimum atomic E-state index is -4.43. The van der Waals surface area contributed by atoms with E-state index in [4.69, 9.17) is 10.5 Å². The van der Waals surface area contributed by atoms with Crippen LogP contribution >= 0.6 is 0 Å². The Morgan fingerprint density at radius 2 is 1.96 bits per heavy atom. The third kappa shape index (κ3) is 4.34. The average molecular weight is 373 g/mol. The first kappa shape index (κ1) is 20.2. The summed E-state index contributed by atoms with van der Waals surface area (Å²) < 4.78 is 43.5. The van der Waals surface area contributed by atoms with Crippen LogP contribution in [0.4, 0.5) is 29.3 Å². The number of benzene rings is 1. The number of piperidine rings is 1. The van der Waals surface area contributed by atoms with E-state index >= 15 is 0 Å². The molecule has 1 heterocycles. The zero-order valence-corrected chi connectivity index (χ0v) is 15.6. The van der Waals surface area contributed by atoms with Crippen molar-refractivity contribution in [3.05, 3.63) is 23.8 Å². The van der Waals surface area contributed by atoms with E-state index in [0.29, 0.717) is 18.8 Å². The summed E-state index contributed by atoms with van der Waals surface area (Å²) in [5.74, 6) is 0. The molecule has 1 amide bonds. The van der Waals surface area contributed by atoms with E-state index in [2.05, 4.69) is 0 Å². The van der Waals surface area contributed by atoms with E-state index in [1.165, 1.54) is 13.2 Å². The van der Waals surface area contributed by atoms with Crippen LogP contribution in [0.15, 0.2) is 18.2 Å². The van der Waals surface area contributed by atoms with E-state index in [1.807, 2.05) is 25.7 Å². The average Bonchev–Trinajstić information content (AvgIpc) is 2.52. The van der Waals surface area contributed by atoms with Crippen molar-refractivity contribution in [2.75, 3.05) is 30.8 Å². The van der Waals surface area contributed by atoms with Gasteiger partial charge in [0.2, 0.25) is 0 Å². The van der Waals surface area contributed by atoms with Crippen molar-refractivity contribution >= 4 is 17.5 Å². The smallest absolute Gasteiger partial charge is 0.416 e. The van der Waals surface area contributed by atoms with Gasteiger partial charge in [0.1, 0.15) is 0 Å². The summed E-state index contributed by atoms with van der Waals surface area (Å²) in [5, 5.41) is 0. The highest BCUT2D eigenvalue weighted by Gasteiger charge is 2.37. The molecule has 0 saturated carbocycles. The number of amides is 1. The second kappa shape index (κ2) is 7.25. The second-order valence-corrected chi connectivity index (χ2v) is 7.52. The minimum absolute atomic E-state index is 0.0841. The molecule has 0 aromatic heterocycles. The summed E-state index contributed by atoms with van der Waals surface area (Å²) >= 11 is 0. The molecule has 146 valence electrons. The number of hydrogen-bond acceptors (Lipinski definition) is 4. The van der Waals surface area contributed by atoms with Crippen molar-refractivity contribution in [1.82, 2.24) is 4.90 Å². The molecule has 2 N–H and O–H groups in total. The molecule has 26 heavy (non-hydrogen) atoms. The minimum Gasteiger partial charge on any atom is -0.453 e. The molecule has 1 aliphatic rings. The quantitative estimate of drug-likeness (QED) is 0.792. The molecule has 1 aromatic carbocycles. The van der Waals surface area contributed by atoms with Crippen LogP contribution in [0.1, 0.15) is 39.2 Å². The van der Waals surface area contributed by atoms with Gasteiger partial charge >= 0.3 is 12.3 Å². The van der Waals surface area contributed by atoms with Crippen LogP contribution in [0, 0.1) is 0 Å². The molecule has 1 saturated heterocycles. The van der Waals surface area contributed by atoms with Gasteiger partial charge in [-0.05, 0) is 51.8 Å². The van der Waals surface area contributed by atoms with E-state index < -0.39 is 23.4 Å². The van der Waals surface area contributed by atoms with Gasteiger partial charge in [0.15, 0.2) is 0 Å². The summed E-state index contributed by atoms with van der Waals surface area (Å²) in [5.41, 5.74) is 5.33. The lowest BCUT2D eigenvalue weighted by atomic mass is 9.97. The first-order valence-corrected chi connectivity index (χ1v) is 8.54. The Hall–Kier alpha value is -2.12. The summed E-state index contributed by atoms with van der Waals surface area (Å²) in [4.78, 5) is 15.9. The fraction of sp³-hybridized carbons (Fsp3) is 0.611. The Morgan fingerprint density at radius 1 is 1.31 bits per heavy atom. The van der Waals surface area contributed by atoms with Gasteiger partial charge in [0, 0.05) is 18.6 Å². The topological polar surface area (TPSA) is 58.8 Å². The van der Waals surface area contributed by atoms with E-state index in [1.54, 1.807) is 4.90 Å². The lowest BCUT2D eigenvalue weighted by Crippen LogP contribution is -2.57. The van der Waals surface area contributed by atoms with Gasteiger partial charge in [0.25, 0.3) is 0 Å². The van der Waals surface area contributed by atoms with Crippen LogP contribution in [0.25, 0.3) is 0 Å². The number of anilines is 2. The van der Waals surface area contributed by atoms with E-state index in [0.717, 1.165) is 25.0 Å². The van der Waals surface area contributed by atoms with Crippen LogP contribution in [0.2, 0.25) is 0 Å². The molecular weight excluding hydrogens is 347 g/mol. The summed E-state index contributed by atoms with van der Waals surface area (Å²) in [6.45, 7) is 6.94. The van der Waals surface area contributed by atoms with E-state index in [-0.39, 0.29) is 11.7 Å². The Kier molecular flexibility index (Phi) is 5.63. The Labute approximate surface area is 151 Å². The van der Waals surface area contributed by atoms with E-state index in [9.17, 15) is 18.0 Å². The highest BCUT2D eigenvalue weighted by Crippen LogP contribution is 2.35. The van der Waals surface area contributed by atoms with Crippen LogP contribution in [-0.2, 0) is 10.9 Å². The molecule has 0 bridgehead atoms. The van der Waals surface area contributed by atoms with Crippen molar-refractivity contribution in [1.29, 1.82) is 0 Å². The van der Waals surface area contributed by atoms with Crippen molar-refractivity contribution in [2.24, 2.45) is 0 Å². The Bertz CT molecular complexity index is 656. The number of nitrogens with two attached hydrogens (primary N) is 1. The van der Waals surface area contributed by atoms with Gasteiger partial charge in [-0.15, -0.1) is 0 Å². The lowest BCUT2D eigenvalue weighted by molar-refractivity contribution is -0.137. The number of nitrogens with zero attached hydrogens (tertiary/aromatic N) is 2. The van der Waals surface area contributed by atoms with Crippen LogP contribution < -0.4 is 10.6 Å². The SMILES string of the molecule is COC(=O)N(C1CCCN(c2ccc(C(F)(F)F)cc2N)C1)C(C)(C)C. The number of halogens is 3. The maximum Gasteiger partial charge on any atom is 0.416 e. The number of rotatable bonds is 2. The summed E-state index contributed by atoms with van der Waals surface area (Å²) in [6.07, 6.45) is -3.24. The number of nitrogen functional groups attached to an aromatic ring is 1. The van der Waals surface area contributed by atoms with Gasteiger partial charge in [-0.1, -0.05) is 0 Å². The predicted molar refractivity (Wildman–Crippen MR) is 95.1 cm³/mol. The van der Waals surface area contributed by atoms with Crippen molar-refractivity contribution < 1.29 is 22.7 Å². The number of carbonyl (C=O) groups is 1. The van der Waals surface area contributed by atoms with Crippen molar-refractivity contribution in [3.8, 4) is 0 Å². The fourth-order valence-electron chi connectivity index (χ4n) is 3.47. The van der Waals surface area contributed by atoms with Gasteiger partial charge < -0.3 is 15.4 Å². The normalized spacial score (nSPS) is 18.6. The highest BCUT2D eigenvalue weighted by molar-refractivity contribution is 5.71. The summed E-state index contributed by atoms with van der Waals surface area (Å²) in [6, 6.07) is 3.29. The maximum absolute atomic E-state index is 12.8. The first-order chi connectivity index (χ1) is 11.9. The molecule has 1 atom stereocenters. The molecule has 5 nitrogen and oxygen atoms in total. The standard InChI is InChI=1S/C18H26F3N3O2/c1-17(2,3)24(16(25)26-4)13-6-5-9-23(11-13)15-8-7-12(10-14(15)22)18(19,20)21/h7-8,10,13H,5-6,9,11,22H2,1-4H3. The molecule has 2 rings (SSSR count). The molecule has 0 aliphatic carbocycles. The van der Waals surface area contributed by atoms with Crippen molar-refractivity contribution in [3.63, 3.8) is 0 Å². The van der Waals surface area contributed by atoms with Gasteiger partial charge in [-0.25, -0.2) is 4.79 Å². The Balaban J connectivity index is 2.26. The largest absolute Gasteiger partial charge is 0.453 e. The highest BCUT2D eigenvalue weighted by atomic mass is 19.4. The first-order valence-electron chi connectivity index (χ1n) is 8.54. The van der Waals surface area contributed by atoms with Crippen LogP contribution in [0.3, 0.4) is 0 Å². The van der Waals surface area contributed by atoms with Gasteiger partial charge in [-0.2, -0.15) is 13.2 Å². The molecule has 1 fully saturated rings. The van der Waals surface area contributed by atoms with Crippen molar-refractivity contribution in [2.45, 2.75) is 51.4 Å². The molecule has 1 unspecified atom stereocenters. The number of hydrogen-bond donors (Lipinski definition) is 1. The Morgan fingerprint density at radius 3 is 2.46 bits per heavy atom. The predicted octanol–water partition coefficient (Wildman–Crippen LogP) is 4.12. The molecule has 8 heteroatoms. The van der Waals surface area contributed by atoms with Gasteiger partial charge in [-0.3, -0.25) is 4.90 Å². The third-order valence-electron chi connectivity index (χ3n) is 4.55. The number of ether oxygens (including phenoxy) is 1. The van der Waals surface area contributed by atoms with Crippen LogP contribution in [-0.4, -0.2) is 42.8 Å². The second-order valence-electron chi connectivity index (χ2n) is 7.52. The van der Waals surface area contributed by atoms with Crippen LogP contribution in [0.5, 0.6) is 0 Å². The zero-order chi connectivity index (χ0) is 19.7. The molecule has 1 aromatic rings.